The number of hydrogen-bond acceptors (Lipinski definition) is 2. The molecule has 0 fully saturated rings. The van der Waals surface area contributed by atoms with Gasteiger partial charge in [0.2, 0.25) is 0 Å². The smallest absolute Gasteiger partial charge is 0.0412 e. The summed E-state index contributed by atoms with van der Waals surface area (Å²) >= 11 is 7.49. The Balaban J connectivity index is 0.000000423. The molecule has 0 bridgehead atoms. The highest BCUT2D eigenvalue weighted by molar-refractivity contribution is 7.98. The molecular weight excluding hydrogens is 226 g/mol. The minimum Gasteiger partial charge on any atom is -0.403 e. The summed E-state index contributed by atoms with van der Waals surface area (Å²) in [4.78, 5) is 1.21. The molecule has 0 amide bonds. The van der Waals surface area contributed by atoms with Crippen molar-refractivity contribution in [2.24, 2.45) is 5.73 Å². The summed E-state index contributed by atoms with van der Waals surface area (Å²) in [6.45, 7) is 8.79. The van der Waals surface area contributed by atoms with Crippen LogP contribution in [0.2, 0.25) is 5.02 Å². The van der Waals surface area contributed by atoms with Crippen molar-refractivity contribution in [3.63, 3.8) is 0 Å². The van der Waals surface area contributed by atoms with Crippen LogP contribution < -0.4 is 5.73 Å². The Bertz CT molecular complexity index is 343. The van der Waals surface area contributed by atoms with E-state index in [-0.39, 0.29) is 0 Å². The molecule has 0 atom stereocenters. The van der Waals surface area contributed by atoms with Crippen LogP contribution in [0.3, 0.4) is 0 Å². The Morgan fingerprint density at radius 3 is 2.47 bits per heavy atom. The summed E-state index contributed by atoms with van der Waals surface area (Å²) in [5.41, 5.74) is 6.69. The SMILES string of the molecule is C=C(C)N.C=Cc1cc(Cl)ccc1SC. The highest BCUT2D eigenvalue weighted by Gasteiger charge is 1.97. The largest absolute Gasteiger partial charge is 0.403 e. The van der Waals surface area contributed by atoms with E-state index < -0.39 is 0 Å². The molecule has 0 saturated heterocycles. The number of rotatable bonds is 2. The normalized spacial score (nSPS) is 8.73. The molecule has 0 saturated carbocycles. The zero-order valence-electron chi connectivity index (χ0n) is 9.09. The lowest BCUT2D eigenvalue weighted by Gasteiger charge is -2.01. The van der Waals surface area contributed by atoms with Crippen molar-refractivity contribution in [2.75, 3.05) is 6.26 Å². The summed E-state index contributed by atoms with van der Waals surface area (Å²) in [6.07, 6.45) is 3.86. The first-order valence-electron chi connectivity index (χ1n) is 4.38. The van der Waals surface area contributed by atoms with Gasteiger partial charge in [0.05, 0.1) is 0 Å². The van der Waals surface area contributed by atoms with Crippen molar-refractivity contribution < 1.29 is 0 Å². The van der Waals surface area contributed by atoms with Crippen LogP contribution in [0.15, 0.2) is 41.9 Å². The van der Waals surface area contributed by atoms with Crippen LogP contribution in [0.25, 0.3) is 6.08 Å². The highest BCUT2D eigenvalue weighted by Crippen LogP contribution is 2.24. The highest BCUT2D eigenvalue weighted by atomic mass is 35.5. The molecule has 1 rings (SSSR count). The van der Waals surface area contributed by atoms with Gasteiger partial charge in [0.1, 0.15) is 0 Å². The van der Waals surface area contributed by atoms with Crippen LogP contribution in [-0.2, 0) is 0 Å². The summed E-state index contributed by atoms with van der Waals surface area (Å²) in [5.74, 6) is 0. The molecule has 1 aromatic carbocycles. The Kier molecular flexibility index (Phi) is 7.01. The molecule has 2 N–H and O–H groups in total. The molecule has 1 nitrogen and oxygen atoms in total. The van der Waals surface area contributed by atoms with E-state index in [4.69, 9.17) is 17.3 Å². The zero-order valence-corrected chi connectivity index (χ0v) is 10.7. The van der Waals surface area contributed by atoms with Crippen LogP contribution in [0.1, 0.15) is 12.5 Å². The topological polar surface area (TPSA) is 26.0 Å². The Morgan fingerprint density at radius 1 is 1.53 bits per heavy atom. The van der Waals surface area contributed by atoms with E-state index in [1.807, 2.05) is 30.5 Å². The number of benzene rings is 1. The van der Waals surface area contributed by atoms with Crippen LogP contribution in [0, 0.1) is 0 Å². The first-order chi connectivity index (χ1) is 7.01. The van der Waals surface area contributed by atoms with Gasteiger partial charge in [-0.2, -0.15) is 0 Å². The molecule has 82 valence electrons. The van der Waals surface area contributed by atoms with Gasteiger partial charge < -0.3 is 5.73 Å². The lowest BCUT2D eigenvalue weighted by atomic mass is 10.2. The van der Waals surface area contributed by atoms with Gasteiger partial charge in [0, 0.05) is 9.92 Å². The number of thioether (sulfide) groups is 1. The fourth-order valence-electron chi connectivity index (χ4n) is 0.865. The van der Waals surface area contributed by atoms with Gasteiger partial charge >= 0.3 is 0 Å². The molecule has 15 heavy (non-hydrogen) atoms. The fourth-order valence-corrected chi connectivity index (χ4v) is 1.63. The van der Waals surface area contributed by atoms with Crippen molar-refractivity contribution in [3.8, 4) is 0 Å². The van der Waals surface area contributed by atoms with Gasteiger partial charge in [-0.05, 0) is 42.6 Å². The lowest BCUT2D eigenvalue weighted by molar-refractivity contribution is 1.34. The number of hydrogen-bond donors (Lipinski definition) is 1. The van der Waals surface area contributed by atoms with E-state index in [1.54, 1.807) is 18.7 Å². The van der Waals surface area contributed by atoms with E-state index in [2.05, 4.69) is 13.2 Å². The fraction of sp³-hybridized carbons (Fsp3) is 0.167. The number of allylic oxidation sites excluding steroid dienone is 1. The van der Waals surface area contributed by atoms with Crippen molar-refractivity contribution in [2.45, 2.75) is 11.8 Å². The summed E-state index contributed by atoms with van der Waals surface area (Å²) in [5, 5.41) is 0.762. The zero-order chi connectivity index (χ0) is 11.8. The van der Waals surface area contributed by atoms with Crippen LogP contribution in [0.5, 0.6) is 0 Å². The molecule has 3 heteroatoms. The molecule has 0 radical (unpaired) electrons. The third-order valence-corrected chi connectivity index (χ3v) is 2.46. The Hall–Kier alpha value is -0.860. The predicted molar refractivity (Wildman–Crippen MR) is 72.3 cm³/mol. The van der Waals surface area contributed by atoms with E-state index in [1.165, 1.54) is 4.90 Å². The second-order valence-corrected chi connectivity index (χ2v) is 4.22. The van der Waals surface area contributed by atoms with Crippen molar-refractivity contribution in [3.05, 3.63) is 47.6 Å². The minimum absolute atomic E-state index is 0.667. The maximum atomic E-state index is 5.80. The monoisotopic (exact) mass is 241 g/mol. The maximum absolute atomic E-state index is 5.80. The molecule has 0 aliphatic heterocycles. The molecule has 0 unspecified atom stereocenters. The van der Waals surface area contributed by atoms with Gasteiger partial charge in [0.25, 0.3) is 0 Å². The maximum Gasteiger partial charge on any atom is 0.0412 e. The minimum atomic E-state index is 0.667. The first-order valence-corrected chi connectivity index (χ1v) is 5.98. The van der Waals surface area contributed by atoms with Gasteiger partial charge in [-0.25, -0.2) is 0 Å². The van der Waals surface area contributed by atoms with E-state index in [0.29, 0.717) is 5.70 Å². The second-order valence-electron chi connectivity index (χ2n) is 2.94. The van der Waals surface area contributed by atoms with E-state index in [9.17, 15) is 0 Å². The second kappa shape index (κ2) is 7.43. The number of nitrogens with two attached hydrogens (primary N) is 1. The third-order valence-electron chi connectivity index (χ3n) is 1.41. The van der Waals surface area contributed by atoms with Crippen LogP contribution >= 0.6 is 23.4 Å². The van der Waals surface area contributed by atoms with E-state index in [0.717, 1.165) is 10.6 Å². The van der Waals surface area contributed by atoms with Gasteiger partial charge in [-0.1, -0.05) is 30.8 Å². The predicted octanol–water partition coefficient (Wildman–Crippen LogP) is 4.18. The molecule has 0 spiro atoms. The molecular formula is C12H16ClNS. The van der Waals surface area contributed by atoms with E-state index >= 15 is 0 Å². The molecule has 0 aliphatic carbocycles. The quantitative estimate of drug-likeness (QED) is 0.786. The van der Waals surface area contributed by atoms with Gasteiger partial charge in [0.15, 0.2) is 0 Å². The Labute approximate surface area is 101 Å². The summed E-state index contributed by atoms with van der Waals surface area (Å²) < 4.78 is 0. The molecule has 1 aromatic rings. The van der Waals surface area contributed by atoms with Crippen molar-refractivity contribution >= 4 is 29.4 Å². The summed E-state index contributed by atoms with van der Waals surface area (Å²) in [7, 11) is 0. The molecule has 0 heterocycles. The lowest BCUT2D eigenvalue weighted by Crippen LogP contribution is -1.83. The van der Waals surface area contributed by atoms with Gasteiger partial charge in [-0.15, -0.1) is 11.8 Å². The van der Waals surface area contributed by atoms with Crippen LogP contribution in [0.4, 0.5) is 0 Å². The number of halogens is 1. The Morgan fingerprint density at radius 2 is 2.07 bits per heavy atom. The average Bonchev–Trinajstić information content (AvgIpc) is 2.16. The molecule has 0 aliphatic rings. The van der Waals surface area contributed by atoms with Gasteiger partial charge in [-0.3, -0.25) is 0 Å². The third kappa shape index (κ3) is 6.26. The molecule has 0 aromatic heterocycles. The average molecular weight is 242 g/mol. The standard InChI is InChI=1S/C9H9ClS.C3H7N/c1-3-7-6-8(10)4-5-9(7)11-2;1-3(2)4/h3-6H,1H2,2H3;1,4H2,2H3. The van der Waals surface area contributed by atoms with Crippen molar-refractivity contribution in [1.82, 2.24) is 0 Å². The summed E-state index contributed by atoms with van der Waals surface area (Å²) in [6, 6.07) is 5.81. The first kappa shape index (κ1) is 14.1. The van der Waals surface area contributed by atoms with Crippen LogP contribution in [-0.4, -0.2) is 6.26 Å². The van der Waals surface area contributed by atoms with Crippen molar-refractivity contribution in [1.29, 1.82) is 0 Å².